The monoisotopic (exact) mass is 498 g/mol. The van der Waals surface area contributed by atoms with Crippen molar-refractivity contribution in [3.8, 4) is 0 Å². The zero-order valence-corrected chi connectivity index (χ0v) is 19.9. The van der Waals surface area contributed by atoms with Gasteiger partial charge in [0.25, 0.3) is 11.5 Å². The van der Waals surface area contributed by atoms with Crippen LogP contribution in [-0.2, 0) is 11.2 Å². The van der Waals surface area contributed by atoms with Gasteiger partial charge in [0, 0.05) is 11.3 Å². The highest BCUT2D eigenvalue weighted by Gasteiger charge is 2.35. The molecule has 0 fully saturated rings. The molecule has 6 rings (SSSR count). The van der Waals surface area contributed by atoms with E-state index in [1.807, 2.05) is 47.9 Å². The molecule has 0 atom stereocenters. The van der Waals surface area contributed by atoms with Crippen LogP contribution in [-0.4, -0.2) is 31.2 Å². The Kier molecular flexibility index (Phi) is 4.94. The maximum atomic E-state index is 14.0. The molecule has 2 aliphatic rings. The summed E-state index contributed by atoms with van der Waals surface area (Å²) in [5, 5.41) is 11.2. The first-order valence-electron chi connectivity index (χ1n) is 11.3. The normalized spacial score (nSPS) is 14.8. The average Bonchev–Trinajstić information content (AvgIpc) is 3.14. The zero-order chi connectivity index (χ0) is 25.1. The van der Waals surface area contributed by atoms with Crippen molar-refractivity contribution < 1.29 is 14.7 Å². The number of allylic oxidation sites excluding steroid dienone is 1. The fourth-order valence-corrected chi connectivity index (χ4v) is 5.24. The topological polar surface area (TPSA) is 97.4 Å². The van der Waals surface area contributed by atoms with E-state index in [1.54, 1.807) is 6.07 Å². The molecule has 4 aromatic rings. The summed E-state index contributed by atoms with van der Waals surface area (Å²) < 4.78 is 2.79. The molecule has 36 heavy (non-hydrogen) atoms. The predicted octanol–water partition coefficient (Wildman–Crippen LogP) is 4.21. The molecule has 9 heteroatoms. The number of halogens is 1. The number of amides is 1. The zero-order valence-electron chi connectivity index (χ0n) is 19.1. The minimum absolute atomic E-state index is 0.0324. The Balaban J connectivity index is 1.73. The molecule has 1 amide bonds. The summed E-state index contributed by atoms with van der Waals surface area (Å²) in [7, 11) is 0. The molecule has 0 saturated carbocycles. The van der Waals surface area contributed by atoms with Crippen molar-refractivity contribution in [1.82, 2.24) is 14.2 Å². The SMILES string of the molecule is Cc1cc2c3n1C(c1ccccc1)=CN(n1c(C(=O)O)nc4cccc(Cl)c4c1=O)C(=O)C3=CCC2. The van der Waals surface area contributed by atoms with Gasteiger partial charge in [0.2, 0.25) is 5.82 Å². The van der Waals surface area contributed by atoms with Crippen LogP contribution in [0, 0.1) is 6.92 Å². The van der Waals surface area contributed by atoms with Crippen molar-refractivity contribution in [3.05, 3.63) is 111 Å². The number of carbonyl (C=O) groups excluding carboxylic acids is 1. The maximum absolute atomic E-state index is 14.0. The van der Waals surface area contributed by atoms with Crippen LogP contribution in [0.2, 0.25) is 5.02 Å². The molecule has 0 unspecified atom stereocenters. The molecular formula is C27H19ClN4O4. The molecule has 1 N–H and O–H groups in total. The van der Waals surface area contributed by atoms with Gasteiger partial charge in [-0.05, 0) is 43.5 Å². The predicted molar refractivity (Wildman–Crippen MR) is 136 cm³/mol. The molecule has 0 saturated heterocycles. The molecule has 3 heterocycles. The Morgan fingerprint density at radius 1 is 1.08 bits per heavy atom. The van der Waals surface area contributed by atoms with Gasteiger partial charge >= 0.3 is 5.97 Å². The fraction of sp³-hybridized carbons (Fsp3) is 0.111. The van der Waals surface area contributed by atoms with Crippen molar-refractivity contribution >= 4 is 45.7 Å². The van der Waals surface area contributed by atoms with Gasteiger partial charge in [0.15, 0.2) is 0 Å². The highest BCUT2D eigenvalue weighted by Crippen LogP contribution is 2.37. The minimum Gasteiger partial charge on any atom is -0.475 e. The lowest BCUT2D eigenvalue weighted by molar-refractivity contribution is -0.114. The van der Waals surface area contributed by atoms with E-state index in [-0.39, 0.29) is 15.9 Å². The maximum Gasteiger partial charge on any atom is 0.374 e. The number of carbonyl (C=O) groups is 2. The minimum atomic E-state index is -1.45. The number of aromatic carboxylic acids is 1. The van der Waals surface area contributed by atoms with E-state index in [1.165, 1.54) is 18.3 Å². The summed E-state index contributed by atoms with van der Waals surface area (Å²) in [4.78, 5) is 44.3. The quantitative estimate of drug-likeness (QED) is 0.456. The first-order chi connectivity index (χ1) is 17.4. The summed E-state index contributed by atoms with van der Waals surface area (Å²) in [5.41, 5.74) is 3.88. The van der Waals surface area contributed by atoms with Crippen molar-refractivity contribution in [2.24, 2.45) is 0 Å². The molecule has 178 valence electrons. The second-order valence-corrected chi connectivity index (χ2v) is 9.08. The summed E-state index contributed by atoms with van der Waals surface area (Å²) in [6.07, 6.45) is 4.76. The van der Waals surface area contributed by atoms with Gasteiger partial charge in [0.05, 0.1) is 39.1 Å². The molecule has 2 aromatic heterocycles. The van der Waals surface area contributed by atoms with Crippen LogP contribution in [0.1, 0.15) is 39.6 Å². The number of benzene rings is 2. The second-order valence-electron chi connectivity index (χ2n) is 8.67. The number of rotatable bonds is 3. The van der Waals surface area contributed by atoms with Crippen molar-refractivity contribution in [2.45, 2.75) is 19.8 Å². The van der Waals surface area contributed by atoms with Crippen LogP contribution in [0.5, 0.6) is 0 Å². The number of carboxylic acid groups (broad SMARTS) is 1. The largest absolute Gasteiger partial charge is 0.475 e. The van der Waals surface area contributed by atoms with Crippen LogP contribution >= 0.6 is 11.6 Å². The van der Waals surface area contributed by atoms with E-state index >= 15 is 0 Å². The van der Waals surface area contributed by atoms with Crippen LogP contribution in [0.15, 0.2) is 71.7 Å². The number of hydrogen-bond acceptors (Lipinski definition) is 4. The van der Waals surface area contributed by atoms with E-state index in [0.717, 1.165) is 38.6 Å². The average molecular weight is 499 g/mol. The van der Waals surface area contributed by atoms with Crippen molar-refractivity contribution in [1.29, 1.82) is 0 Å². The van der Waals surface area contributed by atoms with Gasteiger partial charge in [-0.1, -0.05) is 54.1 Å². The Morgan fingerprint density at radius 2 is 1.86 bits per heavy atom. The van der Waals surface area contributed by atoms with Crippen LogP contribution < -0.4 is 10.6 Å². The first kappa shape index (κ1) is 22.1. The first-order valence-corrected chi connectivity index (χ1v) is 11.7. The Bertz CT molecular complexity index is 1730. The molecule has 0 spiro atoms. The Hall–Kier alpha value is -4.43. The third-order valence-corrected chi connectivity index (χ3v) is 6.82. The smallest absolute Gasteiger partial charge is 0.374 e. The third kappa shape index (κ3) is 3.15. The number of hydrogen-bond donors (Lipinski definition) is 1. The fourth-order valence-electron chi connectivity index (χ4n) is 4.99. The third-order valence-electron chi connectivity index (χ3n) is 6.51. The van der Waals surface area contributed by atoms with E-state index < -0.39 is 23.3 Å². The van der Waals surface area contributed by atoms with E-state index in [0.29, 0.717) is 17.7 Å². The van der Waals surface area contributed by atoms with Gasteiger partial charge in [-0.3, -0.25) is 9.59 Å². The number of aryl methyl sites for hydroxylation is 2. The van der Waals surface area contributed by atoms with Crippen LogP contribution in [0.25, 0.3) is 22.2 Å². The number of fused-ring (bicyclic) bond motifs is 1. The lowest BCUT2D eigenvalue weighted by Crippen LogP contribution is -2.46. The van der Waals surface area contributed by atoms with Gasteiger partial charge in [-0.15, -0.1) is 0 Å². The summed E-state index contributed by atoms with van der Waals surface area (Å²) in [6.45, 7) is 1.96. The molecular weight excluding hydrogens is 480 g/mol. The summed E-state index contributed by atoms with van der Waals surface area (Å²) >= 11 is 6.33. The molecule has 1 aliphatic heterocycles. The Morgan fingerprint density at radius 3 is 2.61 bits per heavy atom. The summed E-state index contributed by atoms with van der Waals surface area (Å²) in [5.74, 6) is -2.57. The van der Waals surface area contributed by atoms with E-state index in [4.69, 9.17) is 11.6 Å². The second kappa shape index (κ2) is 8.07. The highest BCUT2D eigenvalue weighted by atomic mass is 35.5. The standard InChI is InChI=1S/C27H19ClN4O4/c1-15-13-17-9-5-10-18-23(17)31(15)21(16-7-3-2-4-8-16)14-30(25(18)33)32-24(27(35)36)29-20-12-6-11-19(28)22(20)26(32)34/h2-4,6-8,10-14H,5,9H2,1H3,(H,35,36). The molecule has 0 radical (unpaired) electrons. The number of aromatic nitrogens is 3. The molecule has 8 nitrogen and oxygen atoms in total. The van der Waals surface area contributed by atoms with Gasteiger partial charge < -0.3 is 9.67 Å². The van der Waals surface area contributed by atoms with Crippen LogP contribution in [0.3, 0.4) is 0 Å². The molecule has 1 aliphatic carbocycles. The van der Waals surface area contributed by atoms with Gasteiger partial charge in [-0.25, -0.2) is 14.8 Å². The number of carboxylic acids is 1. The number of nitrogens with zero attached hydrogens (tertiary/aromatic N) is 4. The van der Waals surface area contributed by atoms with E-state index in [9.17, 15) is 19.5 Å². The molecule has 2 aromatic carbocycles. The Labute approximate surface area is 210 Å². The lowest BCUT2D eigenvalue weighted by Gasteiger charge is -2.23. The van der Waals surface area contributed by atoms with E-state index in [2.05, 4.69) is 11.1 Å². The summed E-state index contributed by atoms with van der Waals surface area (Å²) in [6, 6.07) is 16.1. The molecule has 0 bridgehead atoms. The van der Waals surface area contributed by atoms with Crippen molar-refractivity contribution in [3.63, 3.8) is 0 Å². The van der Waals surface area contributed by atoms with Gasteiger partial charge in [-0.2, -0.15) is 4.68 Å². The lowest BCUT2D eigenvalue weighted by atomic mass is 9.96. The highest BCUT2D eigenvalue weighted by molar-refractivity contribution is 6.35. The van der Waals surface area contributed by atoms with Gasteiger partial charge in [0.1, 0.15) is 0 Å². The van der Waals surface area contributed by atoms with Crippen molar-refractivity contribution in [2.75, 3.05) is 5.01 Å². The van der Waals surface area contributed by atoms with Crippen LogP contribution in [0.4, 0.5) is 0 Å².